The van der Waals surface area contributed by atoms with Gasteiger partial charge in [0.05, 0.1) is 4.47 Å². The summed E-state index contributed by atoms with van der Waals surface area (Å²) in [5.74, 6) is 0.259. The van der Waals surface area contributed by atoms with Crippen LogP contribution in [0.5, 0.6) is 5.75 Å². The number of halogens is 1. The number of ether oxygens (including phenoxy) is 1. The quantitative estimate of drug-likeness (QED) is 0.525. The average Bonchev–Trinajstić information content (AvgIpc) is 2.77. The molecule has 2 aromatic rings. The fourth-order valence-electron chi connectivity index (χ4n) is 3.07. The molecule has 0 aliphatic heterocycles. The standard InChI is InChI=1S/C24H31BrN2O3/c1-4-14-26-24(29)18(3)27(15-13-20-9-7-6-8-10-20)23(28)17-30-22-12-11-19(5-2)16-21(22)25/h6-12,16,18H,4-5,13-15,17H2,1-3H3,(H,26,29)/t18-/m0/s1. The van der Waals surface area contributed by atoms with Gasteiger partial charge in [-0.2, -0.15) is 0 Å². The topological polar surface area (TPSA) is 58.6 Å². The first kappa shape index (κ1) is 23.9. The van der Waals surface area contributed by atoms with E-state index in [0.29, 0.717) is 25.3 Å². The highest BCUT2D eigenvalue weighted by atomic mass is 79.9. The Morgan fingerprint density at radius 1 is 1.10 bits per heavy atom. The molecule has 0 heterocycles. The van der Waals surface area contributed by atoms with Crippen LogP contribution in [0.2, 0.25) is 0 Å². The average molecular weight is 475 g/mol. The number of hydrogen-bond acceptors (Lipinski definition) is 3. The first-order valence-electron chi connectivity index (χ1n) is 10.5. The van der Waals surface area contributed by atoms with Crippen molar-refractivity contribution in [2.45, 2.75) is 46.1 Å². The predicted molar refractivity (Wildman–Crippen MR) is 124 cm³/mol. The summed E-state index contributed by atoms with van der Waals surface area (Å²) in [6, 6.07) is 15.2. The number of benzene rings is 2. The van der Waals surface area contributed by atoms with Gasteiger partial charge in [0.15, 0.2) is 6.61 Å². The maximum Gasteiger partial charge on any atom is 0.261 e. The molecule has 2 amide bonds. The van der Waals surface area contributed by atoms with Crippen LogP contribution in [0.15, 0.2) is 53.0 Å². The zero-order chi connectivity index (χ0) is 21.9. The lowest BCUT2D eigenvalue weighted by Gasteiger charge is -2.28. The summed E-state index contributed by atoms with van der Waals surface area (Å²) < 4.78 is 6.59. The van der Waals surface area contributed by atoms with Crippen molar-refractivity contribution >= 4 is 27.7 Å². The molecule has 0 unspecified atom stereocenters. The van der Waals surface area contributed by atoms with Gasteiger partial charge in [0, 0.05) is 13.1 Å². The monoisotopic (exact) mass is 474 g/mol. The van der Waals surface area contributed by atoms with Gasteiger partial charge >= 0.3 is 0 Å². The minimum Gasteiger partial charge on any atom is -0.483 e. The number of hydrogen-bond donors (Lipinski definition) is 1. The fraction of sp³-hybridized carbons (Fsp3) is 0.417. The van der Waals surface area contributed by atoms with E-state index in [2.05, 4.69) is 28.2 Å². The van der Waals surface area contributed by atoms with Crippen LogP contribution in [-0.2, 0) is 22.4 Å². The third-order valence-corrected chi connectivity index (χ3v) is 5.58. The Labute approximate surface area is 187 Å². The molecule has 162 valence electrons. The van der Waals surface area contributed by atoms with Crippen LogP contribution >= 0.6 is 15.9 Å². The number of rotatable bonds is 11. The van der Waals surface area contributed by atoms with Gasteiger partial charge in [-0.15, -0.1) is 0 Å². The SMILES string of the molecule is CCCNC(=O)[C@H](C)N(CCc1ccccc1)C(=O)COc1ccc(CC)cc1Br. The second-order valence-corrected chi connectivity index (χ2v) is 8.05. The van der Waals surface area contributed by atoms with Crippen molar-refractivity contribution in [2.75, 3.05) is 19.7 Å². The number of aryl methyl sites for hydroxylation is 1. The lowest BCUT2D eigenvalue weighted by molar-refractivity contribution is -0.141. The van der Waals surface area contributed by atoms with Crippen molar-refractivity contribution in [3.05, 3.63) is 64.1 Å². The van der Waals surface area contributed by atoms with Crippen LogP contribution in [0, 0.1) is 0 Å². The van der Waals surface area contributed by atoms with Crippen LogP contribution in [0.25, 0.3) is 0 Å². The molecule has 0 fully saturated rings. The van der Waals surface area contributed by atoms with Gasteiger partial charge in [-0.3, -0.25) is 9.59 Å². The molecule has 0 spiro atoms. The molecule has 2 rings (SSSR count). The van der Waals surface area contributed by atoms with Crippen LogP contribution < -0.4 is 10.1 Å². The maximum atomic E-state index is 13.0. The van der Waals surface area contributed by atoms with Crippen LogP contribution in [0.1, 0.15) is 38.3 Å². The van der Waals surface area contributed by atoms with Crippen molar-refractivity contribution in [3.8, 4) is 5.75 Å². The summed E-state index contributed by atoms with van der Waals surface area (Å²) in [5.41, 5.74) is 2.31. The van der Waals surface area contributed by atoms with Crippen LogP contribution in [0.4, 0.5) is 0 Å². The van der Waals surface area contributed by atoms with E-state index in [1.807, 2.05) is 55.5 Å². The zero-order valence-corrected chi connectivity index (χ0v) is 19.6. The van der Waals surface area contributed by atoms with Gasteiger partial charge in [-0.25, -0.2) is 0 Å². The molecule has 0 aliphatic rings. The Hall–Kier alpha value is -2.34. The van der Waals surface area contributed by atoms with Gasteiger partial charge in [0.1, 0.15) is 11.8 Å². The Kier molecular flexibility index (Phi) is 9.87. The molecule has 0 radical (unpaired) electrons. The van der Waals surface area contributed by atoms with E-state index in [1.54, 1.807) is 11.8 Å². The van der Waals surface area contributed by atoms with Crippen molar-refractivity contribution in [1.29, 1.82) is 0 Å². The summed E-state index contributed by atoms with van der Waals surface area (Å²) in [4.78, 5) is 27.1. The highest BCUT2D eigenvalue weighted by molar-refractivity contribution is 9.10. The summed E-state index contributed by atoms with van der Waals surface area (Å²) in [6.07, 6.45) is 2.45. The lowest BCUT2D eigenvalue weighted by atomic mass is 10.1. The van der Waals surface area contributed by atoms with Crippen molar-refractivity contribution in [1.82, 2.24) is 10.2 Å². The summed E-state index contributed by atoms with van der Waals surface area (Å²) >= 11 is 3.50. The first-order chi connectivity index (χ1) is 14.5. The largest absolute Gasteiger partial charge is 0.483 e. The summed E-state index contributed by atoms with van der Waals surface area (Å²) in [6.45, 7) is 6.77. The minimum atomic E-state index is -0.567. The van der Waals surface area contributed by atoms with Crippen molar-refractivity contribution < 1.29 is 14.3 Å². The molecule has 30 heavy (non-hydrogen) atoms. The zero-order valence-electron chi connectivity index (χ0n) is 18.0. The smallest absolute Gasteiger partial charge is 0.261 e. The van der Waals surface area contributed by atoms with E-state index in [9.17, 15) is 9.59 Å². The molecular weight excluding hydrogens is 444 g/mol. The highest BCUT2D eigenvalue weighted by Crippen LogP contribution is 2.26. The number of nitrogens with zero attached hydrogens (tertiary/aromatic N) is 1. The maximum absolute atomic E-state index is 13.0. The van der Waals surface area contributed by atoms with E-state index in [0.717, 1.165) is 22.9 Å². The van der Waals surface area contributed by atoms with E-state index in [-0.39, 0.29) is 18.4 Å². The van der Waals surface area contributed by atoms with Gasteiger partial charge in [-0.05, 0) is 65.4 Å². The summed E-state index contributed by atoms with van der Waals surface area (Å²) in [5, 5.41) is 2.88. The lowest BCUT2D eigenvalue weighted by Crippen LogP contribution is -2.50. The normalized spacial score (nSPS) is 11.6. The van der Waals surface area contributed by atoms with Crippen molar-refractivity contribution in [3.63, 3.8) is 0 Å². The molecular formula is C24H31BrN2O3. The molecule has 0 saturated carbocycles. The Balaban J connectivity index is 2.07. The summed E-state index contributed by atoms with van der Waals surface area (Å²) in [7, 11) is 0. The first-order valence-corrected chi connectivity index (χ1v) is 11.3. The number of carbonyl (C=O) groups is 2. The van der Waals surface area contributed by atoms with E-state index < -0.39 is 6.04 Å². The highest BCUT2D eigenvalue weighted by Gasteiger charge is 2.26. The van der Waals surface area contributed by atoms with Gasteiger partial charge < -0.3 is 15.0 Å². The third kappa shape index (κ3) is 7.17. The van der Waals surface area contributed by atoms with E-state index >= 15 is 0 Å². The molecule has 0 aliphatic carbocycles. The van der Waals surface area contributed by atoms with Gasteiger partial charge in [0.25, 0.3) is 5.91 Å². The molecule has 5 nitrogen and oxygen atoms in total. The number of amides is 2. The van der Waals surface area contributed by atoms with Crippen LogP contribution in [0.3, 0.4) is 0 Å². The molecule has 0 aromatic heterocycles. The predicted octanol–water partition coefficient (Wildman–Crippen LogP) is 4.38. The Morgan fingerprint density at radius 3 is 2.47 bits per heavy atom. The molecule has 2 aromatic carbocycles. The minimum absolute atomic E-state index is 0.121. The second kappa shape index (κ2) is 12.4. The van der Waals surface area contributed by atoms with Gasteiger partial charge in [0.2, 0.25) is 5.91 Å². The number of nitrogens with one attached hydrogen (secondary N) is 1. The molecule has 0 saturated heterocycles. The van der Waals surface area contributed by atoms with Crippen molar-refractivity contribution in [2.24, 2.45) is 0 Å². The molecule has 1 N–H and O–H groups in total. The van der Waals surface area contributed by atoms with E-state index in [1.165, 1.54) is 5.56 Å². The number of carbonyl (C=O) groups excluding carboxylic acids is 2. The Bertz CT molecular complexity index is 826. The second-order valence-electron chi connectivity index (χ2n) is 7.20. The third-order valence-electron chi connectivity index (χ3n) is 4.96. The van der Waals surface area contributed by atoms with Gasteiger partial charge in [-0.1, -0.05) is 50.2 Å². The van der Waals surface area contributed by atoms with Crippen LogP contribution in [-0.4, -0.2) is 42.5 Å². The fourth-order valence-corrected chi connectivity index (χ4v) is 3.61. The Morgan fingerprint density at radius 2 is 1.83 bits per heavy atom. The molecule has 6 heteroatoms. The van der Waals surface area contributed by atoms with E-state index in [4.69, 9.17) is 4.74 Å². The molecule has 1 atom stereocenters. The molecule has 0 bridgehead atoms.